The molecule has 0 aliphatic heterocycles. The zero-order valence-electron chi connectivity index (χ0n) is 13.8. The van der Waals surface area contributed by atoms with Crippen LogP contribution in [0.2, 0.25) is 0 Å². The van der Waals surface area contributed by atoms with Crippen molar-refractivity contribution in [2.24, 2.45) is 0 Å². The second kappa shape index (κ2) is 8.31. The van der Waals surface area contributed by atoms with Crippen molar-refractivity contribution in [1.29, 1.82) is 0 Å². The van der Waals surface area contributed by atoms with E-state index >= 15 is 0 Å². The molecule has 0 radical (unpaired) electrons. The minimum atomic E-state index is -0.546. The minimum Gasteiger partial charge on any atom is -0.488 e. The molecule has 0 fully saturated rings. The molecule has 0 spiro atoms. The maximum absolute atomic E-state index is 12.2. The van der Waals surface area contributed by atoms with Gasteiger partial charge in [0.15, 0.2) is 0 Å². The zero-order chi connectivity index (χ0) is 17.5. The van der Waals surface area contributed by atoms with Crippen molar-refractivity contribution in [3.63, 3.8) is 0 Å². The van der Waals surface area contributed by atoms with Gasteiger partial charge in [-0.1, -0.05) is 36.4 Å². The van der Waals surface area contributed by atoms with E-state index in [1.54, 1.807) is 37.2 Å². The Balaban J connectivity index is 2.29. The topological polar surface area (TPSA) is 48.0 Å². The van der Waals surface area contributed by atoms with E-state index in [4.69, 9.17) is 26.4 Å². The molecule has 126 valence electrons. The summed E-state index contributed by atoms with van der Waals surface area (Å²) in [4.78, 5) is 13.8. The first-order chi connectivity index (χ1) is 11.5. The summed E-state index contributed by atoms with van der Waals surface area (Å²) in [6, 6.07) is 14.8. The fourth-order valence-electron chi connectivity index (χ4n) is 1.94. The Labute approximate surface area is 146 Å². The normalized spacial score (nSPS) is 9.96. The summed E-state index contributed by atoms with van der Waals surface area (Å²) >= 11 is 5.14. The molecule has 2 aromatic carbocycles. The Bertz CT molecular complexity index is 716. The predicted octanol–water partition coefficient (Wildman–Crippen LogP) is 3.28. The standard InChI is InChI=1S/C18H19NO4S/c1-19(2)18(24)23-15-11-7-10-14(16(15)17(20)21-3)22-12-13-8-5-4-6-9-13/h4-11H,12H2,1-3H3. The summed E-state index contributed by atoms with van der Waals surface area (Å²) in [5, 5.41) is 0.236. The number of hydrogen-bond acceptors (Lipinski definition) is 5. The predicted molar refractivity (Wildman–Crippen MR) is 95.5 cm³/mol. The van der Waals surface area contributed by atoms with Gasteiger partial charge in [0.2, 0.25) is 0 Å². The zero-order valence-corrected chi connectivity index (χ0v) is 14.6. The van der Waals surface area contributed by atoms with Crippen molar-refractivity contribution in [3.05, 3.63) is 59.7 Å². The molecule has 0 aromatic heterocycles. The average Bonchev–Trinajstić information content (AvgIpc) is 2.60. The molecule has 0 unspecified atom stereocenters. The maximum Gasteiger partial charge on any atom is 0.345 e. The molecule has 5 nitrogen and oxygen atoms in total. The Hall–Kier alpha value is -2.60. The quantitative estimate of drug-likeness (QED) is 0.612. The van der Waals surface area contributed by atoms with Crippen LogP contribution in [-0.2, 0) is 11.3 Å². The fourth-order valence-corrected chi connectivity index (χ4v) is 2.03. The highest BCUT2D eigenvalue weighted by atomic mass is 32.1. The molecule has 2 aromatic rings. The van der Waals surface area contributed by atoms with Gasteiger partial charge in [-0.3, -0.25) is 0 Å². The highest BCUT2D eigenvalue weighted by Gasteiger charge is 2.21. The highest BCUT2D eigenvalue weighted by molar-refractivity contribution is 7.80. The monoisotopic (exact) mass is 345 g/mol. The molecule has 0 saturated heterocycles. The van der Waals surface area contributed by atoms with E-state index in [-0.39, 0.29) is 10.7 Å². The number of carbonyl (C=O) groups excluding carboxylic acids is 1. The van der Waals surface area contributed by atoms with Crippen LogP contribution in [0.15, 0.2) is 48.5 Å². The number of rotatable bonds is 5. The third-order valence-corrected chi connectivity index (χ3v) is 3.63. The van der Waals surface area contributed by atoms with E-state index in [2.05, 4.69) is 0 Å². The van der Waals surface area contributed by atoms with Gasteiger partial charge in [-0.2, -0.15) is 0 Å². The van der Waals surface area contributed by atoms with Crippen molar-refractivity contribution in [1.82, 2.24) is 4.90 Å². The SMILES string of the molecule is COC(=O)c1c(OCc2ccccc2)cccc1OC(=S)N(C)C. The van der Waals surface area contributed by atoms with Gasteiger partial charge >= 0.3 is 5.97 Å². The Kier molecular flexibility index (Phi) is 6.14. The first-order valence-corrected chi connectivity index (χ1v) is 7.71. The number of benzene rings is 2. The molecule has 0 amide bonds. The molecular formula is C18H19NO4S. The number of hydrogen-bond donors (Lipinski definition) is 0. The summed E-state index contributed by atoms with van der Waals surface area (Å²) < 4.78 is 16.2. The molecule has 0 aliphatic rings. The second-order valence-corrected chi connectivity index (χ2v) is 5.51. The van der Waals surface area contributed by atoms with E-state index in [0.29, 0.717) is 18.1 Å². The lowest BCUT2D eigenvalue weighted by molar-refractivity contribution is 0.0593. The number of carbonyl (C=O) groups is 1. The lowest BCUT2D eigenvalue weighted by Gasteiger charge is -2.18. The van der Waals surface area contributed by atoms with Crippen LogP contribution in [0.3, 0.4) is 0 Å². The minimum absolute atomic E-state index is 0.208. The molecular weight excluding hydrogens is 326 g/mol. The second-order valence-electron chi connectivity index (χ2n) is 5.16. The number of nitrogens with zero attached hydrogens (tertiary/aromatic N) is 1. The van der Waals surface area contributed by atoms with Crippen molar-refractivity contribution < 1.29 is 19.0 Å². The highest BCUT2D eigenvalue weighted by Crippen LogP contribution is 2.30. The van der Waals surface area contributed by atoms with Crippen LogP contribution in [0.25, 0.3) is 0 Å². The summed E-state index contributed by atoms with van der Waals surface area (Å²) in [5.41, 5.74) is 1.20. The van der Waals surface area contributed by atoms with Crippen molar-refractivity contribution in [2.45, 2.75) is 6.61 Å². The summed E-state index contributed by atoms with van der Waals surface area (Å²) in [6.45, 7) is 0.326. The number of esters is 1. The van der Waals surface area contributed by atoms with E-state index in [1.807, 2.05) is 30.3 Å². The van der Waals surface area contributed by atoms with Gasteiger partial charge in [0.1, 0.15) is 23.7 Å². The third kappa shape index (κ3) is 4.45. The molecule has 0 N–H and O–H groups in total. The number of methoxy groups -OCH3 is 1. The summed E-state index contributed by atoms with van der Waals surface area (Å²) in [5.74, 6) is 0.131. The van der Waals surface area contributed by atoms with Crippen molar-refractivity contribution >= 4 is 23.4 Å². The van der Waals surface area contributed by atoms with Gasteiger partial charge in [0.25, 0.3) is 5.17 Å². The first-order valence-electron chi connectivity index (χ1n) is 7.30. The molecule has 0 saturated carbocycles. The molecule has 0 bridgehead atoms. The van der Waals surface area contributed by atoms with Crippen LogP contribution in [0.4, 0.5) is 0 Å². The number of ether oxygens (including phenoxy) is 3. The summed E-state index contributed by atoms with van der Waals surface area (Å²) in [6.07, 6.45) is 0. The van der Waals surface area contributed by atoms with Gasteiger partial charge in [-0.05, 0) is 29.9 Å². The molecule has 0 heterocycles. The average molecular weight is 345 g/mol. The van der Waals surface area contributed by atoms with Crippen molar-refractivity contribution in [2.75, 3.05) is 21.2 Å². The molecule has 0 aliphatic carbocycles. The molecule has 6 heteroatoms. The van der Waals surface area contributed by atoms with Crippen LogP contribution < -0.4 is 9.47 Å². The molecule has 2 rings (SSSR count). The lowest BCUT2D eigenvalue weighted by Crippen LogP contribution is -2.26. The largest absolute Gasteiger partial charge is 0.488 e. The van der Waals surface area contributed by atoms with E-state index in [0.717, 1.165) is 5.56 Å². The van der Waals surface area contributed by atoms with Crippen LogP contribution in [-0.4, -0.2) is 37.2 Å². The van der Waals surface area contributed by atoms with Gasteiger partial charge in [0, 0.05) is 14.1 Å². The van der Waals surface area contributed by atoms with Gasteiger partial charge in [-0.15, -0.1) is 0 Å². The van der Waals surface area contributed by atoms with E-state index in [9.17, 15) is 4.79 Å². The maximum atomic E-state index is 12.2. The van der Waals surface area contributed by atoms with Crippen LogP contribution in [0.5, 0.6) is 11.5 Å². The summed E-state index contributed by atoms with van der Waals surface area (Å²) in [7, 11) is 4.83. The van der Waals surface area contributed by atoms with Crippen LogP contribution in [0.1, 0.15) is 15.9 Å². The van der Waals surface area contributed by atoms with E-state index < -0.39 is 5.97 Å². The third-order valence-electron chi connectivity index (χ3n) is 3.18. The van der Waals surface area contributed by atoms with Crippen molar-refractivity contribution in [3.8, 4) is 11.5 Å². The molecule has 0 atom stereocenters. The van der Waals surface area contributed by atoms with Gasteiger partial charge in [0.05, 0.1) is 7.11 Å². The Morgan fingerprint density at radius 1 is 1.04 bits per heavy atom. The van der Waals surface area contributed by atoms with Crippen LogP contribution >= 0.6 is 12.2 Å². The Morgan fingerprint density at radius 2 is 1.71 bits per heavy atom. The molecule has 24 heavy (non-hydrogen) atoms. The Morgan fingerprint density at radius 3 is 2.33 bits per heavy atom. The lowest BCUT2D eigenvalue weighted by atomic mass is 10.1. The van der Waals surface area contributed by atoms with Gasteiger partial charge in [-0.25, -0.2) is 4.79 Å². The van der Waals surface area contributed by atoms with E-state index in [1.165, 1.54) is 7.11 Å². The smallest absolute Gasteiger partial charge is 0.345 e. The van der Waals surface area contributed by atoms with Crippen LogP contribution in [0, 0.1) is 0 Å². The first kappa shape index (κ1) is 17.7. The van der Waals surface area contributed by atoms with Gasteiger partial charge < -0.3 is 19.1 Å². The number of thiocarbonyl (C=S) groups is 1. The fraction of sp³-hybridized carbons (Fsp3) is 0.222.